The van der Waals surface area contributed by atoms with E-state index in [9.17, 15) is 9.59 Å². The molecule has 0 aliphatic carbocycles. The van der Waals surface area contributed by atoms with Gasteiger partial charge in [0, 0.05) is 37.3 Å². The molecule has 2 aromatic carbocycles. The first-order chi connectivity index (χ1) is 16.2. The Morgan fingerprint density at radius 3 is 2.52 bits per heavy atom. The Morgan fingerprint density at radius 1 is 0.970 bits per heavy atom. The van der Waals surface area contributed by atoms with Crippen molar-refractivity contribution in [1.29, 1.82) is 0 Å². The number of fused-ring (bicyclic) bond motifs is 2. The molecule has 2 aliphatic heterocycles. The van der Waals surface area contributed by atoms with Crippen LogP contribution < -0.4 is 14.5 Å². The highest BCUT2D eigenvalue weighted by Crippen LogP contribution is 2.39. The molecule has 168 valence electrons. The van der Waals surface area contributed by atoms with E-state index >= 15 is 0 Å². The third-order valence-corrected chi connectivity index (χ3v) is 7.05. The van der Waals surface area contributed by atoms with Crippen LogP contribution in [0.1, 0.15) is 10.4 Å². The molecule has 0 N–H and O–H groups in total. The van der Waals surface area contributed by atoms with E-state index in [1.165, 1.54) is 11.8 Å². The average molecular weight is 461 g/mol. The minimum absolute atomic E-state index is 0.0128. The first kappa shape index (κ1) is 21.3. The van der Waals surface area contributed by atoms with Crippen molar-refractivity contribution in [3.05, 3.63) is 72.4 Å². The van der Waals surface area contributed by atoms with Crippen molar-refractivity contribution >= 4 is 35.0 Å². The molecular formula is C25H24N4O3S. The zero-order chi connectivity index (χ0) is 22.8. The summed E-state index contributed by atoms with van der Waals surface area (Å²) in [4.78, 5) is 37.6. The van der Waals surface area contributed by atoms with Crippen molar-refractivity contribution in [3.63, 3.8) is 0 Å². The molecule has 1 fully saturated rings. The average Bonchev–Trinajstić information content (AvgIpc) is 2.98. The molecule has 0 atom stereocenters. The number of aromatic nitrogens is 1. The normalized spacial score (nSPS) is 15.5. The van der Waals surface area contributed by atoms with Crippen LogP contribution in [-0.2, 0) is 4.79 Å². The number of para-hydroxylation sites is 2. The van der Waals surface area contributed by atoms with Crippen LogP contribution >= 0.6 is 11.8 Å². The van der Waals surface area contributed by atoms with Gasteiger partial charge in [-0.2, -0.15) is 0 Å². The van der Waals surface area contributed by atoms with Crippen molar-refractivity contribution < 1.29 is 14.3 Å². The number of hydrogen-bond donors (Lipinski definition) is 0. The number of ether oxygens (including phenoxy) is 1. The summed E-state index contributed by atoms with van der Waals surface area (Å²) in [5.41, 5.74) is 2.29. The molecule has 0 unspecified atom stereocenters. The Hall–Kier alpha value is -3.52. The highest BCUT2D eigenvalue weighted by Gasteiger charge is 2.31. The van der Waals surface area contributed by atoms with Crippen LogP contribution in [-0.4, -0.2) is 61.5 Å². The third-order valence-electron chi connectivity index (χ3n) is 5.96. The smallest absolute Gasteiger partial charge is 0.259 e. The van der Waals surface area contributed by atoms with Gasteiger partial charge >= 0.3 is 0 Å². The summed E-state index contributed by atoms with van der Waals surface area (Å²) in [6.07, 6.45) is 1.71. The third kappa shape index (κ3) is 4.14. The summed E-state index contributed by atoms with van der Waals surface area (Å²) in [6.45, 7) is 2.57. The van der Waals surface area contributed by atoms with Gasteiger partial charge in [0.15, 0.2) is 0 Å². The minimum Gasteiger partial charge on any atom is -0.495 e. The van der Waals surface area contributed by atoms with Gasteiger partial charge in [0.05, 0.1) is 24.0 Å². The van der Waals surface area contributed by atoms with Crippen LogP contribution in [0.3, 0.4) is 0 Å². The lowest BCUT2D eigenvalue weighted by molar-refractivity contribution is -0.129. The molecule has 0 saturated carbocycles. The lowest BCUT2D eigenvalue weighted by atomic mass is 10.2. The Kier molecular flexibility index (Phi) is 5.92. The van der Waals surface area contributed by atoms with Gasteiger partial charge in [-0.3, -0.25) is 14.5 Å². The van der Waals surface area contributed by atoms with Crippen LogP contribution in [0.5, 0.6) is 5.75 Å². The van der Waals surface area contributed by atoms with Crippen molar-refractivity contribution in [2.45, 2.75) is 9.92 Å². The molecular weight excluding hydrogens is 436 g/mol. The number of carbonyl (C=O) groups excluding carboxylic acids is 2. The molecule has 1 saturated heterocycles. The Labute approximate surface area is 197 Å². The van der Waals surface area contributed by atoms with Gasteiger partial charge < -0.3 is 14.5 Å². The predicted molar refractivity (Wildman–Crippen MR) is 128 cm³/mol. The molecule has 3 aromatic rings. The molecule has 2 amide bonds. The van der Waals surface area contributed by atoms with Gasteiger partial charge in [-0.1, -0.05) is 36.0 Å². The molecule has 0 bridgehead atoms. The lowest BCUT2D eigenvalue weighted by Crippen LogP contribution is -2.52. The first-order valence-electron chi connectivity index (χ1n) is 10.8. The Morgan fingerprint density at radius 2 is 1.70 bits per heavy atom. The molecule has 33 heavy (non-hydrogen) atoms. The van der Waals surface area contributed by atoms with E-state index < -0.39 is 0 Å². The van der Waals surface area contributed by atoms with Crippen LogP contribution in [0.2, 0.25) is 0 Å². The largest absolute Gasteiger partial charge is 0.495 e. The number of benzene rings is 2. The molecule has 7 nitrogen and oxygen atoms in total. The van der Waals surface area contributed by atoms with Crippen LogP contribution in [0, 0.1) is 0 Å². The number of nitrogens with zero attached hydrogens (tertiary/aromatic N) is 4. The topological polar surface area (TPSA) is 66.0 Å². The van der Waals surface area contributed by atoms with E-state index in [1.54, 1.807) is 30.3 Å². The molecule has 8 heteroatoms. The highest BCUT2D eigenvalue weighted by atomic mass is 32.2. The number of anilines is 2. The Bertz CT molecular complexity index is 1190. The summed E-state index contributed by atoms with van der Waals surface area (Å²) < 4.78 is 5.48. The van der Waals surface area contributed by atoms with Crippen molar-refractivity contribution in [2.24, 2.45) is 0 Å². The van der Waals surface area contributed by atoms with E-state index in [0.29, 0.717) is 37.4 Å². The number of methoxy groups -OCH3 is 1. The minimum atomic E-state index is -0.175. The Balaban J connectivity index is 1.33. The lowest BCUT2D eigenvalue weighted by Gasteiger charge is -2.37. The van der Waals surface area contributed by atoms with Gasteiger partial charge in [0.2, 0.25) is 5.91 Å². The van der Waals surface area contributed by atoms with Crippen LogP contribution in [0.25, 0.3) is 0 Å². The molecule has 2 aliphatic rings. The molecule has 1 aromatic heterocycles. The maximum absolute atomic E-state index is 13.4. The SMILES string of the molecule is COc1ccccc1N1CCN(C(=O)CN2C(=O)c3ccccc3Sc3ncccc32)CC1. The first-order valence-corrected chi connectivity index (χ1v) is 11.7. The van der Waals surface area contributed by atoms with Crippen molar-refractivity contribution in [1.82, 2.24) is 9.88 Å². The zero-order valence-corrected chi connectivity index (χ0v) is 19.1. The molecule has 0 spiro atoms. The van der Waals surface area contributed by atoms with E-state index in [4.69, 9.17) is 4.74 Å². The van der Waals surface area contributed by atoms with E-state index in [2.05, 4.69) is 9.88 Å². The van der Waals surface area contributed by atoms with E-state index in [1.807, 2.05) is 53.4 Å². The standard InChI is InChI=1S/C25H24N4O3S/c1-32-21-10-4-3-8-19(21)27-13-15-28(16-14-27)23(30)17-29-20-9-6-12-26-24(20)33-22-11-5-2-7-18(22)25(29)31/h2-12H,13-17H2,1H3. The second-order valence-corrected chi connectivity index (χ2v) is 8.89. The number of hydrogen-bond acceptors (Lipinski definition) is 6. The summed E-state index contributed by atoms with van der Waals surface area (Å²) >= 11 is 1.46. The fraction of sp³-hybridized carbons (Fsp3) is 0.240. The highest BCUT2D eigenvalue weighted by molar-refractivity contribution is 7.99. The summed E-state index contributed by atoms with van der Waals surface area (Å²) in [5.74, 6) is 0.584. The second kappa shape index (κ2) is 9.15. The van der Waals surface area contributed by atoms with Gasteiger partial charge in [-0.15, -0.1) is 0 Å². The van der Waals surface area contributed by atoms with E-state index in [-0.39, 0.29) is 18.4 Å². The van der Waals surface area contributed by atoms with Crippen molar-refractivity contribution in [3.8, 4) is 5.75 Å². The number of amides is 2. The van der Waals surface area contributed by atoms with E-state index in [0.717, 1.165) is 21.4 Å². The molecule has 0 radical (unpaired) electrons. The quantitative estimate of drug-likeness (QED) is 0.593. The monoisotopic (exact) mass is 460 g/mol. The molecule has 3 heterocycles. The van der Waals surface area contributed by atoms with Crippen LogP contribution in [0.15, 0.2) is 76.8 Å². The van der Waals surface area contributed by atoms with Gasteiger partial charge in [-0.05, 0) is 36.4 Å². The van der Waals surface area contributed by atoms with Crippen LogP contribution in [0.4, 0.5) is 11.4 Å². The number of rotatable bonds is 4. The zero-order valence-electron chi connectivity index (χ0n) is 18.3. The maximum atomic E-state index is 13.4. The maximum Gasteiger partial charge on any atom is 0.259 e. The summed E-state index contributed by atoms with van der Waals surface area (Å²) in [5, 5.41) is 0.726. The number of carbonyl (C=O) groups is 2. The fourth-order valence-electron chi connectivity index (χ4n) is 4.24. The van der Waals surface area contributed by atoms with Gasteiger partial charge in [0.1, 0.15) is 17.3 Å². The fourth-order valence-corrected chi connectivity index (χ4v) is 5.25. The van der Waals surface area contributed by atoms with Crippen molar-refractivity contribution in [2.75, 3.05) is 49.6 Å². The predicted octanol–water partition coefficient (Wildman–Crippen LogP) is 3.55. The number of pyridine rings is 1. The van der Waals surface area contributed by atoms with Gasteiger partial charge in [0.25, 0.3) is 5.91 Å². The molecule has 5 rings (SSSR count). The summed E-state index contributed by atoms with van der Waals surface area (Å²) in [7, 11) is 1.67. The second-order valence-electron chi connectivity index (χ2n) is 7.86. The summed E-state index contributed by atoms with van der Waals surface area (Å²) in [6, 6.07) is 19.0. The number of piperazine rings is 1. The van der Waals surface area contributed by atoms with Gasteiger partial charge in [-0.25, -0.2) is 4.98 Å².